The fourth-order valence-electron chi connectivity index (χ4n) is 1.83. The number of aromatic nitrogens is 1. The maximum absolute atomic E-state index is 13.4. The third-order valence-electron chi connectivity index (χ3n) is 2.86. The van der Waals surface area contributed by atoms with E-state index in [1.165, 1.54) is 49.1 Å². The minimum absolute atomic E-state index is 0.00286. The summed E-state index contributed by atoms with van der Waals surface area (Å²) < 4.78 is 19.5. The highest BCUT2D eigenvalue weighted by atomic mass is 19.1. The van der Waals surface area contributed by atoms with Crippen molar-refractivity contribution in [3.05, 3.63) is 47.5 Å². The number of methoxy groups -OCH3 is 1. The van der Waals surface area contributed by atoms with Gasteiger partial charge >= 0.3 is 5.97 Å². The van der Waals surface area contributed by atoms with Crippen molar-refractivity contribution in [2.24, 2.45) is 0 Å². The highest BCUT2D eigenvalue weighted by molar-refractivity contribution is 5.97. The van der Waals surface area contributed by atoms with Gasteiger partial charge < -0.3 is 14.4 Å². The molecule has 0 aliphatic heterocycles. The maximum Gasteiger partial charge on any atom is 0.352 e. The van der Waals surface area contributed by atoms with Crippen LogP contribution in [0.1, 0.15) is 27.8 Å². The van der Waals surface area contributed by atoms with Gasteiger partial charge in [-0.2, -0.15) is 0 Å². The van der Waals surface area contributed by atoms with Crippen LogP contribution in [0.4, 0.5) is 4.39 Å². The summed E-state index contributed by atoms with van der Waals surface area (Å²) in [5, 5.41) is 9.17. The van der Waals surface area contributed by atoms with Crippen molar-refractivity contribution in [1.29, 1.82) is 0 Å². The number of aromatic carboxylic acids is 1. The van der Waals surface area contributed by atoms with Gasteiger partial charge in [0.15, 0.2) is 17.3 Å². The second kappa shape index (κ2) is 5.16. The number of benzene rings is 1. The fraction of sp³-hybridized carbons (Fsp3) is 0.143. The highest BCUT2D eigenvalue weighted by Gasteiger charge is 2.16. The number of ketones is 1. The molecule has 2 aromatic rings. The predicted octanol–water partition coefficient (Wildman–Crippen LogP) is 2.53. The van der Waals surface area contributed by atoms with E-state index in [1.807, 2.05) is 0 Å². The van der Waals surface area contributed by atoms with Gasteiger partial charge in [0.25, 0.3) is 0 Å². The van der Waals surface area contributed by atoms with Crippen molar-refractivity contribution in [2.45, 2.75) is 6.92 Å². The largest absolute Gasteiger partial charge is 0.494 e. The van der Waals surface area contributed by atoms with Crippen molar-refractivity contribution in [1.82, 2.24) is 4.57 Å². The Bertz CT molecular complexity index is 690. The Kier molecular flexibility index (Phi) is 3.56. The third-order valence-corrected chi connectivity index (χ3v) is 2.86. The Morgan fingerprint density at radius 1 is 1.30 bits per heavy atom. The van der Waals surface area contributed by atoms with Gasteiger partial charge in [-0.3, -0.25) is 4.79 Å². The number of nitrogens with zero attached hydrogens (tertiary/aromatic N) is 1. The summed E-state index contributed by atoms with van der Waals surface area (Å²) in [5.41, 5.74) is 0.586. The molecule has 0 bridgehead atoms. The lowest BCUT2D eigenvalue weighted by atomic mass is 10.2. The molecule has 5 nitrogen and oxygen atoms in total. The normalized spacial score (nSPS) is 10.3. The average Bonchev–Trinajstić information content (AvgIpc) is 2.84. The Morgan fingerprint density at radius 3 is 2.55 bits per heavy atom. The Balaban J connectivity index is 2.62. The Labute approximate surface area is 114 Å². The van der Waals surface area contributed by atoms with Gasteiger partial charge in [-0.1, -0.05) is 0 Å². The molecule has 0 radical (unpaired) electrons. The van der Waals surface area contributed by atoms with E-state index in [1.54, 1.807) is 0 Å². The van der Waals surface area contributed by atoms with Crippen LogP contribution in [0.2, 0.25) is 0 Å². The molecule has 0 atom stereocenters. The van der Waals surface area contributed by atoms with E-state index in [2.05, 4.69) is 0 Å². The van der Waals surface area contributed by atoms with Gasteiger partial charge in [0.2, 0.25) is 0 Å². The molecule has 0 aliphatic carbocycles. The SMILES string of the molecule is COc1cc(-n2cc(C(C)=O)cc2C(=O)O)ccc1F. The topological polar surface area (TPSA) is 68.5 Å². The molecular formula is C14H12FNO4. The molecule has 0 aliphatic rings. The van der Waals surface area contributed by atoms with Crippen LogP contribution in [0.15, 0.2) is 30.5 Å². The number of carbonyl (C=O) groups is 2. The van der Waals surface area contributed by atoms with E-state index >= 15 is 0 Å². The summed E-state index contributed by atoms with van der Waals surface area (Å²) in [6.45, 7) is 1.34. The van der Waals surface area contributed by atoms with Crippen LogP contribution >= 0.6 is 0 Å². The lowest BCUT2D eigenvalue weighted by molar-refractivity contribution is 0.0688. The first-order valence-corrected chi connectivity index (χ1v) is 5.74. The van der Waals surface area contributed by atoms with E-state index < -0.39 is 11.8 Å². The van der Waals surface area contributed by atoms with Crippen molar-refractivity contribution in [2.75, 3.05) is 7.11 Å². The first-order valence-electron chi connectivity index (χ1n) is 5.74. The molecule has 0 amide bonds. The molecule has 0 spiro atoms. The number of halogens is 1. The van der Waals surface area contributed by atoms with Gasteiger partial charge in [0.1, 0.15) is 5.69 Å². The molecule has 1 N–H and O–H groups in total. The number of carboxylic acids is 1. The number of hydrogen-bond acceptors (Lipinski definition) is 3. The van der Waals surface area contributed by atoms with E-state index in [9.17, 15) is 14.0 Å². The monoisotopic (exact) mass is 277 g/mol. The molecule has 0 fully saturated rings. The Morgan fingerprint density at radius 2 is 2.00 bits per heavy atom. The summed E-state index contributed by atoms with van der Waals surface area (Å²) in [5.74, 6) is -1.98. The molecule has 6 heteroatoms. The summed E-state index contributed by atoms with van der Waals surface area (Å²) in [7, 11) is 1.32. The van der Waals surface area contributed by atoms with Crippen molar-refractivity contribution in [3.63, 3.8) is 0 Å². The number of rotatable bonds is 4. The zero-order valence-electron chi connectivity index (χ0n) is 10.9. The summed E-state index contributed by atoms with van der Waals surface area (Å²) in [6, 6.07) is 5.23. The minimum Gasteiger partial charge on any atom is -0.494 e. The third kappa shape index (κ3) is 2.40. The van der Waals surface area contributed by atoms with Crippen molar-refractivity contribution in [3.8, 4) is 11.4 Å². The summed E-state index contributed by atoms with van der Waals surface area (Å²) in [6.07, 6.45) is 1.40. The minimum atomic E-state index is -1.18. The van der Waals surface area contributed by atoms with Crippen LogP contribution in [0.3, 0.4) is 0 Å². The Hall–Kier alpha value is -2.63. The van der Waals surface area contributed by atoms with Gasteiger partial charge in [0, 0.05) is 23.5 Å². The molecule has 0 unspecified atom stereocenters. The van der Waals surface area contributed by atoms with Gasteiger partial charge in [0.05, 0.1) is 7.11 Å². The fourth-order valence-corrected chi connectivity index (χ4v) is 1.83. The number of carbonyl (C=O) groups excluding carboxylic acids is 1. The van der Waals surface area contributed by atoms with E-state index in [0.29, 0.717) is 5.69 Å². The molecular weight excluding hydrogens is 265 g/mol. The molecule has 104 valence electrons. The zero-order valence-corrected chi connectivity index (χ0v) is 10.9. The molecule has 1 heterocycles. The molecule has 20 heavy (non-hydrogen) atoms. The highest BCUT2D eigenvalue weighted by Crippen LogP contribution is 2.23. The van der Waals surface area contributed by atoms with E-state index in [-0.39, 0.29) is 22.8 Å². The molecule has 0 saturated heterocycles. The van der Waals surface area contributed by atoms with Crippen LogP contribution in [0.25, 0.3) is 5.69 Å². The molecule has 1 aromatic heterocycles. The number of carboxylic acid groups (broad SMARTS) is 1. The zero-order chi connectivity index (χ0) is 14.9. The van der Waals surface area contributed by atoms with Gasteiger partial charge in [-0.05, 0) is 25.1 Å². The van der Waals surface area contributed by atoms with Crippen LogP contribution < -0.4 is 4.74 Å². The number of hydrogen-bond donors (Lipinski definition) is 1. The lowest BCUT2D eigenvalue weighted by Gasteiger charge is -2.08. The number of ether oxygens (including phenoxy) is 1. The van der Waals surface area contributed by atoms with Crippen LogP contribution in [0, 0.1) is 5.82 Å². The first-order chi connectivity index (χ1) is 9.43. The van der Waals surface area contributed by atoms with Gasteiger partial charge in [-0.25, -0.2) is 9.18 Å². The van der Waals surface area contributed by atoms with E-state index in [0.717, 1.165) is 0 Å². The lowest BCUT2D eigenvalue weighted by Crippen LogP contribution is -2.06. The van der Waals surface area contributed by atoms with Crippen molar-refractivity contribution >= 4 is 11.8 Å². The molecule has 0 saturated carbocycles. The summed E-state index contributed by atoms with van der Waals surface area (Å²) in [4.78, 5) is 22.6. The van der Waals surface area contributed by atoms with Crippen LogP contribution in [0.5, 0.6) is 5.75 Å². The quantitative estimate of drug-likeness (QED) is 0.872. The summed E-state index contributed by atoms with van der Waals surface area (Å²) >= 11 is 0. The van der Waals surface area contributed by atoms with Crippen LogP contribution in [-0.2, 0) is 0 Å². The predicted molar refractivity (Wildman–Crippen MR) is 69.2 cm³/mol. The van der Waals surface area contributed by atoms with Gasteiger partial charge in [-0.15, -0.1) is 0 Å². The molecule has 1 aromatic carbocycles. The maximum atomic E-state index is 13.4. The average molecular weight is 277 g/mol. The second-order valence-electron chi connectivity index (χ2n) is 4.16. The second-order valence-corrected chi connectivity index (χ2v) is 4.16. The smallest absolute Gasteiger partial charge is 0.352 e. The van der Waals surface area contributed by atoms with Crippen molar-refractivity contribution < 1.29 is 23.8 Å². The molecule has 2 rings (SSSR count). The van der Waals surface area contributed by atoms with Crippen LogP contribution in [-0.4, -0.2) is 28.5 Å². The standard InChI is InChI=1S/C14H12FNO4/c1-8(17)9-5-12(14(18)19)16(7-9)10-3-4-11(15)13(6-10)20-2/h3-7H,1-2H3,(H,18,19). The van der Waals surface area contributed by atoms with E-state index in [4.69, 9.17) is 9.84 Å². The number of Topliss-reactive ketones (excluding diaryl/α,β-unsaturated/α-hetero) is 1. The first kappa shape index (κ1) is 13.8.